The van der Waals surface area contributed by atoms with Crippen LogP contribution in [0.25, 0.3) is 32.3 Å². The molecule has 7 nitrogen and oxygen atoms in total. The van der Waals surface area contributed by atoms with E-state index >= 15 is 0 Å². The highest BCUT2D eigenvalue weighted by molar-refractivity contribution is 6.31. The van der Waals surface area contributed by atoms with Crippen LogP contribution in [0.2, 0.25) is 0 Å². The molecule has 0 unspecified atom stereocenters. The van der Waals surface area contributed by atoms with Crippen LogP contribution in [0, 0.1) is 0 Å². The van der Waals surface area contributed by atoms with Gasteiger partial charge in [0.05, 0.1) is 45.3 Å². The van der Waals surface area contributed by atoms with Gasteiger partial charge in [0.2, 0.25) is 0 Å². The van der Waals surface area contributed by atoms with Crippen molar-refractivity contribution in [2.24, 2.45) is 0 Å². The number of fused-ring (bicyclic) bond motifs is 6. The third-order valence-corrected chi connectivity index (χ3v) is 13.3. The molecule has 0 bridgehead atoms. The maximum absolute atomic E-state index is 7.49. The lowest BCUT2D eigenvalue weighted by Gasteiger charge is -2.23. The van der Waals surface area contributed by atoms with E-state index in [0.29, 0.717) is 56.8 Å². The molecule has 0 radical (unpaired) electrons. The predicted molar refractivity (Wildman–Crippen MR) is 289 cm³/mol. The number of hydrogen-bond acceptors (Lipinski definition) is 7. The Labute approximate surface area is 409 Å². The van der Waals surface area contributed by atoms with E-state index in [-0.39, 0.29) is 0 Å². The molecule has 67 heavy (non-hydrogen) atoms. The summed E-state index contributed by atoms with van der Waals surface area (Å²) < 4.78 is 40.7. The minimum atomic E-state index is 0.593. The molecule has 4 aromatic rings. The summed E-state index contributed by atoms with van der Waals surface area (Å²) in [5.74, 6) is 4.49. The Morgan fingerprint density at radius 3 is 0.985 bits per heavy atom. The van der Waals surface area contributed by atoms with E-state index in [0.717, 1.165) is 132 Å². The second-order valence-corrected chi connectivity index (χ2v) is 19.3. The molecule has 0 aliphatic rings. The summed E-state index contributed by atoms with van der Waals surface area (Å²) in [6.07, 6.45) is 35.0. The molecular weight excluding hydrogens is 831 g/mol. The number of ether oxygens (including phenoxy) is 6. The van der Waals surface area contributed by atoms with Gasteiger partial charge in [0.25, 0.3) is 0 Å². The number of rotatable bonds is 42. The Balaban J connectivity index is 1.98. The van der Waals surface area contributed by atoms with E-state index in [1.807, 2.05) is 0 Å². The lowest BCUT2D eigenvalue weighted by molar-refractivity contribution is 0.259. The van der Waals surface area contributed by atoms with E-state index in [9.17, 15) is 0 Å². The molecule has 0 spiro atoms. The quantitative estimate of drug-likeness (QED) is 0.0269. The van der Waals surface area contributed by atoms with Gasteiger partial charge < -0.3 is 34.2 Å². The van der Waals surface area contributed by atoms with Crippen molar-refractivity contribution in [3.05, 3.63) is 30.3 Å². The van der Waals surface area contributed by atoms with Crippen LogP contribution in [-0.4, -0.2) is 39.6 Å². The number of nitrogens with two attached hydrogens (primary N) is 1. The zero-order valence-corrected chi connectivity index (χ0v) is 43.9. The Kier molecular flexibility index (Phi) is 28.8. The van der Waals surface area contributed by atoms with Gasteiger partial charge in [0, 0.05) is 10.8 Å². The summed E-state index contributed by atoms with van der Waals surface area (Å²) in [7, 11) is 0. The SMILES string of the molecule is CCCCCCCOc1cc2c(cc1OCCCCCCC)c1c(OCCCCCCC)c(OCCCCCCC)ccc1c1cc(OCCCCCCC)c(OCCCCCCC)c(N)c12. The van der Waals surface area contributed by atoms with Crippen molar-refractivity contribution in [3.63, 3.8) is 0 Å². The van der Waals surface area contributed by atoms with Crippen LogP contribution >= 0.6 is 0 Å². The van der Waals surface area contributed by atoms with Gasteiger partial charge in [-0.3, -0.25) is 0 Å². The van der Waals surface area contributed by atoms with Crippen molar-refractivity contribution < 1.29 is 28.4 Å². The normalized spacial score (nSPS) is 11.6. The fourth-order valence-electron chi connectivity index (χ4n) is 9.24. The molecule has 0 saturated heterocycles. The third-order valence-electron chi connectivity index (χ3n) is 13.3. The molecule has 0 heterocycles. The Morgan fingerprint density at radius 2 is 0.582 bits per heavy atom. The van der Waals surface area contributed by atoms with Gasteiger partial charge in [-0.1, -0.05) is 196 Å². The topological polar surface area (TPSA) is 81.4 Å². The first-order chi connectivity index (χ1) is 33.0. The van der Waals surface area contributed by atoms with E-state index in [1.54, 1.807) is 0 Å². The highest BCUT2D eigenvalue weighted by Gasteiger charge is 2.25. The largest absolute Gasteiger partial charge is 0.490 e. The summed E-state index contributed by atoms with van der Waals surface area (Å²) in [6.45, 7) is 17.3. The molecule has 0 amide bonds. The Morgan fingerprint density at radius 1 is 0.284 bits per heavy atom. The second kappa shape index (κ2) is 34.5. The minimum absolute atomic E-state index is 0.593. The van der Waals surface area contributed by atoms with Gasteiger partial charge >= 0.3 is 0 Å². The molecule has 0 fully saturated rings. The van der Waals surface area contributed by atoms with Crippen molar-refractivity contribution in [1.82, 2.24) is 0 Å². The number of nitrogen functional groups attached to an aromatic ring is 1. The van der Waals surface area contributed by atoms with Gasteiger partial charge in [-0.2, -0.15) is 0 Å². The summed E-state index contributed by atoms with van der Waals surface area (Å²) in [6, 6.07) is 11.0. The standard InChI is InChI=1S/C60H97NO6/c1-7-13-19-25-31-39-62-52-38-37-48-49-47-55(65-42-34-28-22-16-10-4)60(67-44-36-30-24-18-12-6)58(61)56(49)50-45-53(63-40-32-26-20-14-8-2)54(64-41-33-27-21-15-9-3)46-51(50)57(48)59(52)66-43-35-29-23-17-11-5/h37-38,45-47H,7-36,39-44,61H2,1-6H3. The first-order valence-electron chi connectivity index (χ1n) is 28.1. The zero-order chi connectivity index (χ0) is 47.7. The molecule has 0 atom stereocenters. The lowest BCUT2D eigenvalue weighted by atomic mass is 9.91. The van der Waals surface area contributed by atoms with Gasteiger partial charge in [-0.25, -0.2) is 0 Å². The molecule has 7 heteroatoms. The van der Waals surface area contributed by atoms with Crippen LogP contribution < -0.4 is 34.2 Å². The molecule has 0 aromatic heterocycles. The van der Waals surface area contributed by atoms with Crippen molar-refractivity contribution in [2.45, 2.75) is 234 Å². The third kappa shape index (κ3) is 18.9. The lowest BCUT2D eigenvalue weighted by Crippen LogP contribution is -2.07. The molecule has 0 saturated carbocycles. The van der Waals surface area contributed by atoms with E-state index in [2.05, 4.69) is 71.9 Å². The van der Waals surface area contributed by atoms with E-state index in [1.165, 1.54) is 116 Å². The van der Waals surface area contributed by atoms with Gasteiger partial charge in [0.15, 0.2) is 34.5 Å². The van der Waals surface area contributed by atoms with Crippen molar-refractivity contribution in [2.75, 3.05) is 45.4 Å². The van der Waals surface area contributed by atoms with Crippen LogP contribution in [0.4, 0.5) is 5.69 Å². The van der Waals surface area contributed by atoms with E-state index in [4.69, 9.17) is 34.2 Å². The van der Waals surface area contributed by atoms with Gasteiger partial charge in [0.1, 0.15) is 0 Å². The summed E-state index contributed by atoms with van der Waals surface area (Å²) in [5.41, 5.74) is 8.10. The number of benzene rings is 4. The Hall–Kier alpha value is -3.74. The first-order valence-corrected chi connectivity index (χ1v) is 28.1. The van der Waals surface area contributed by atoms with Crippen LogP contribution in [0.1, 0.15) is 234 Å². The predicted octanol–water partition coefficient (Wildman–Crippen LogP) is 18.8. The maximum atomic E-state index is 7.49. The van der Waals surface area contributed by atoms with Crippen molar-refractivity contribution >= 4 is 38.0 Å². The average molecular weight is 928 g/mol. The molecular formula is C60H97NO6. The number of anilines is 1. The van der Waals surface area contributed by atoms with Crippen LogP contribution in [0.5, 0.6) is 34.5 Å². The fourth-order valence-corrected chi connectivity index (χ4v) is 9.24. The number of unbranched alkanes of at least 4 members (excludes halogenated alkanes) is 24. The highest BCUT2D eigenvalue weighted by atomic mass is 16.5. The summed E-state index contributed by atoms with van der Waals surface area (Å²) >= 11 is 0. The summed E-state index contributed by atoms with van der Waals surface area (Å²) in [4.78, 5) is 0. The first kappa shape index (κ1) is 55.9. The zero-order valence-electron chi connectivity index (χ0n) is 43.9. The van der Waals surface area contributed by atoms with Crippen LogP contribution in [-0.2, 0) is 0 Å². The van der Waals surface area contributed by atoms with Gasteiger partial charge in [-0.05, 0) is 90.4 Å². The highest BCUT2D eigenvalue weighted by Crippen LogP contribution is 2.52. The smallest absolute Gasteiger partial charge is 0.184 e. The van der Waals surface area contributed by atoms with Gasteiger partial charge in [-0.15, -0.1) is 0 Å². The molecule has 4 rings (SSSR count). The molecule has 0 aliphatic carbocycles. The average Bonchev–Trinajstić information content (AvgIpc) is 3.33. The fraction of sp³-hybridized carbons (Fsp3) is 0.700. The van der Waals surface area contributed by atoms with Crippen molar-refractivity contribution in [3.8, 4) is 34.5 Å². The number of hydrogen-bond donors (Lipinski definition) is 1. The molecule has 4 aromatic carbocycles. The van der Waals surface area contributed by atoms with Crippen molar-refractivity contribution in [1.29, 1.82) is 0 Å². The molecule has 2 N–H and O–H groups in total. The molecule has 378 valence electrons. The van der Waals surface area contributed by atoms with Crippen LogP contribution in [0.3, 0.4) is 0 Å². The Bertz CT molecular complexity index is 1920. The maximum Gasteiger partial charge on any atom is 0.184 e. The minimum Gasteiger partial charge on any atom is -0.490 e. The summed E-state index contributed by atoms with van der Waals surface area (Å²) in [5, 5.41) is 6.07. The molecule has 0 aliphatic heterocycles. The monoisotopic (exact) mass is 928 g/mol. The van der Waals surface area contributed by atoms with Crippen LogP contribution in [0.15, 0.2) is 30.3 Å². The second-order valence-electron chi connectivity index (χ2n) is 19.3. The van der Waals surface area contributed by atoms with E-state index < -0.39 is 0 Å².